The number of para-hydroxylation sites is 2. The first-order valence-corrected chi connectivity index (χ1v) is 9.52. The van der Waals surface area contributed by atoms with Gasteiger partial charge in [0.25, 0.3) is 0 Å². The highest BCUT2D eigenvalue weighted by molar-refractivity contribution is 5.89. The normalized spacial score (nSPS) is 10.9. The predicted octanol–water partition coefficient (Wildman–Crippen LogP) is 5.64. The molecule has 138 valence electrons. The van der Waals surface area contributed by atoms with Crippen LogP contribution in [0.5, 0.6) is 0 Å². The Morgan fingerprint density at radius 3 is 2.31 bits per heavy atom. The zero-order valence-electron chi connectivity index (χ0n) is 15.7. The molecule has 0 saturated carbocycles. The van der Waals surface area contributed by atoms with Crippen LogP contribution in [0.2, 0.25) is 0 Å². The molecule has 0 bridgehead atoms. The molecule has 0 unspecified atom stereocenters. The van der Waals surface area contributed by atoms with Gasteiger partial charge < -0.3 is 5.32 Å². The van der Waals surface area contributed by atoms with Crippen LogP contribution >= 0.6 is 0 Å². The Hall–Kier alpha value is -4.10. The number of nitrogens with one attached hydrogen (secondary N) is 1. The van der Waals surface area contributed by atoms with Gasteiger partial charge in [-0.15, -0.1) is 0 Å². The van der Waals surface area contributed by atoms with Crippen LogP contribution in [0.25, 0.3) is 27.8 Å². The number of fused-ring (bicyclic) bond motifs is 3. The molecule has 4 heteroatoms. The Morgan fingerprint density at radius 2 is 1.55 bits per heavy atom. The fourth-order valence-corrected chi connectivity index (χ4v) is 3.71. The van der Waals surface area contributed by atoms with E-state index in [1.165, 1.54) is 5.56 Å². The number of rotatable bonds is 4. The van der Waals surface area contributed by atoms with Gasteiger partial charge in [0.15, 0.2) is 5.65 Å². The standard InChI is InChI=1S/C25H18N4/c26-16-21-20(19-11-5-2-6-12-19)15-24(27-17-18-9-3-1-4-10-18)29-23-14-8-7-13-22(23)28-25(21)29/h1-15,27H,17H2. The average molecular weight is 374 g/mol. The summed E-state index contributed by atoms with van der Waals surface area (Å²) in [5, 5.41) is 13.5. The van der Waals surface area contributed by atoms with Crippen molar-refractivity contribution in [3.8, 4) is 17.2 Å². The number of anilines is 1. The van der Waals surface area contributed by atoms with Gasteiger partial charge in [0.1, 0.15) is 17.5 Å². The van der Waals surface area contributed by atoms with Crippen molar-refractivity contribution in [2.45, 2.75) is 6.54 Å². The summed E-state index contributed by atoms with van der Waals surface area (Å²) < 4.78 is 2.04. The lowest BCUT2D eigenvalue weighted by molar-refractivity contribution is 1.09. The van der Waals surface area contributed by atoms with E-state index in [-0.39, 0.29) is 0 Å². The summed E-state index contributed by atoms with van der Waals surface area (Å²) in [4.78, 5) is 4.79. The quantitative estimate of drug-likeness (QED) is 0.443. The van der Waals surface area contributed by atoms with Crippen LogP contribution in [-0.2, 0) is 6.54 Å². The van der Waals surface area contributed by atoms with E-state index in [0.717, 1.165) is 28.0 Å². The molecule has 5 rings (SSSR count). The Kier molecular flexibility index (Phi) is 4.19. The first-order valence-electron chi connectivity index (χ1n) is 9.52. The summed E-state index contributed by atoms with van der Waals surface area (Å²) in [6, 6.07) is 32.7. The van der Waals surface area contributed by atoms with Gasteiger partial charge in [0.05, 0.1) is 11.0 Å². The highest BCUT2D eigenvalue weighted by Gasteiger charge is 2.17. The minimum Gasteiger partial charge on any atom is -0.367 e. The maximum Gasteiger partial charge on any atom is 0.158 e. The van der Waals surface area contributed by atoms with Gasteiger partial charge in [-0.3, -0.25) is 4.40 Å². The zero-order valence-corrected chi connectivity index (χ0v) is 15.7. The minimum atomic E-state index is 0.581. The van der Waals surface area contributed by atoms with Gasteiger partial charge in [-0.05, 0) is 29.3 Å². The lowest BCUT2D eigenvalue weighted by Gasteiger charge is -2.14. The van der Waals surface area contributed by atoms with Crippen LogP contribution < -0.4 is 5.32 Å². The number of hydrogen-bond donors (Lipinski definition) is 1. The van der Waals surface area contributed by atoms with Crippen LogP contribution in [-0.4, -0.2) is 9.38 Å². The molecule has 0 saturated heterocycles. The fourth-order valence-electron chi connectivity index (χ4n) is 3.71. The molecule has 2 heterocycles. The van der Waals surface area contributed by atoms with Crippen molar-refractivity contribution in [2.75, 3.05) is 5.32 Å². The van der Waals surface area contributed by atoms with E-state index in [0.29, 0.717) is 17.8 Å². The summed E-state index contributed by atoms with van der Waals surface area (Å²) in [7, 11) is 0. The van der Waals surface area contributed by atoms with Crippen LogP contribution in [0.3, 0.4) is 0 Å². The molecule has 0 atom stereocenters. The van der Waals surface area contributed by atoms with Crippen LogP contribution in [0.15, 0.2) is 91.0 Å². The largest absolute Gasteiger partial charge is 0.367 e. The summed E-state index contributed by atoms with van der Waals surface area (Å²) >= 11 is 0. The van der Waals surface area contributed by atoms with Crippen LogP contribution in [0.1, 0.15) is 11.1 Å². The highest BCUT2D eigenvalue weighted by atomic mass is 15.1. The molecule has 3 aromatic carbocycles. The third-order valence-corrected chi connectivity index (χ3v) is 5.09. The highest BCUT2D eigenvalue weighted by Crippen LogP contribution is 2.32. The van der Waals surface area contributed by atoms with Crippen molar-refractivity contribution in [3.05, 3.63) is 102 Å². The number of pyridine rings is 1. The Bertz CT molecular complexity index is 1350. The van der Waals surface area contributed by atoms with E-state index >= 15 is 0 Å². The summed E-state index contributed by atoms with van der Waals surface area (Å²) in [6.45, 7) is 0.683. The van der Waals surface area contributed by atoms with Gasteiger partial charge in [0.2, 0.25) is 0 Å². The van der Waals surface area contributed by atoms with Gasteiger partial charge in [0, 0.05) is 12.1 Å². The number of imidazole rings is 1. The van der Waals surface area contributed by atoms with Crippen molar-refractivity contribution in [1.82, 2.24) is 9.38 Å². The SMILES string of the molecule is N#Cc1c(-c2ccccc2)cc(NCc2ccccc2)n2c1nc1ccccc12. The predicted molar refractivity (Wildman–Crippen MR) is 117 cm³/mol. The molecule has 0 amide bonds. The molecule has 4 nitrogen and oxygen atoms in total. The fraction of sp³-hybridized carbons (Fsp3) is 0.0400. The number of hydrogen-bond acceptors (Lipinski definition) is 3. The number of benzene rings is 3. The van der Waals surface area contributed by atoms with Gasteiger partial charge in [-0.1, -0.05) is 72.8 Å². The van der Waals surface area contributed by atoms with Crippen molar-refractivity contribution >= 4 is 22.5 Å². The average Bonchev–Trinajstić information content (AvgIpc) is 3.18. The molecule has 0 aliphatic heterocycles. The second-order valence-corrected chi connectivity index (χ2v) is 6.89. The molecule has 2 aromatic heterocycles. The Morgan fingerprint density at radius 1 is 0.862 bits per heavy atom. The number of aromatic nitrogens is 2. The van der Waals surface area contributed by atoms with Crippen molar-refractivity contribution in [3.63, 3.8) is 0 Å². The Balaban J connectivity index is 1.76. The molecule has 0 radical (unpaired) electrons. The van der Waals surface area contributed by atoms with Crippen molar-refractivity contribution in [2.24, 2.45) is 0 Å². The van der Waals surface area contributed by atoms with Gasteiger partial charge >= 0.3 is 0 Å². The van der Waals surface area contributed by atoms with E-state index in [9.17, 15) is 5.26 Å². The minimum absolute atomic E-state index is 0.581. The van der Waals surface area contributed by atoms with E-state index < -0.39 is 0 Å². The third-order valence-electron chi connectivity index (χ3n) is 5.09. The molecular weight excluding hydrogens is 356 g/mol. The first-order chi connectivity index (χ1) is 14.3. The van der Waals surface area contributed by atoms with Crippen LogP contribution in [0, 0.1) is 11.3 Å². The maximum atomic E-state index is 9.98. The number of nitriles is 1. The van der Waals surface area contributed by atoms with Crippen LogP contribution in [0.4, 0.5) is 5.82 Å². The monoisotopic (exact) mass is 374 g/mol. The number of nitrogens with zero attached hydrogens (tertiary/aromatic N) is 3. The molecular formula is C25H18N4. The maximum absolute atomic E-state index is 9.98. The van der Waals surface area contributed by atoms with E-state index in [4.69, 9.17) is 4.98 Å². The lowest BCUT2D eigenvalue weighted by atomic mass is 10.0. The van der Waals surface area contributed by atoms with E-state index in [1.54, 1.807) is 0 Å². The molecule has 0 fully saturated rings. The second kappa shape index (κ2) is 7.14. The summed E-state index contributed by atoms with van der Waals surface area (Å²) in [5.74, 6) is 0.912. The van der Waals surface area contributed by atoms with Gasteiger partial charge in [-0.2, -0.15) is 5.26 Å². The summed E-state index contributed by atoms with van der Waals surface area (Å²) in [6.07, 6.45) is 0. The zero-order chi connectivity index (χ0) is 19.6. The smallest absolute Gasteiger partial charge is 0.158 e. The third kappa shape index (κ3) is 2.99. The molecule has 0 spiro atoms. The van der Waals surface area contributed by atoms with Crippen molar-refractivity contribution < 1.29 is 0 Å². The van der Waals surface area contributed by atoms with Crippen molar-refractivity contribution in [1.29, 1.82) is 5.26 Å². The van der Waals surface area contributed by atoms with E-state index in [2.05, 4.69) is 29.6 Å². The molecule has 1 N–H and O–H groups in total. The summed E-state index contributed by atoms with van der Waals surface area (Å²) in [5.41, 5.74) is 6.18. The molecule has 29 heavy (non-hydrogen) atoms. The molecule has 5 aromatic rings. The molecule has 0 aliphatic carbocycles. The Labute approximate surface area is 168 Å². The first kappa shape index (κ1) is 17.0. The second-order valence-electron chi connectivity index (χ2n) is 6.89. The lowest BCUT2D eigenvalue weighted by Crippen LogP contribution is -2.06. The topological polar surface area (TPSA) is 53.1 Å². The molecule has 0 aliphatic rings. The van der Waals surface area contributed by atoms with Gasteiger partial charge in [-0.25, -0.2) is 4.98 Å². The van der Waals surface area contributed by atoms with E-state index in [1.807, 2.05) is 77.2 Å².